The molecule has 0 unspecified atom stereocenters. The summed E-state index contributed by atoms with van der Waals surface area (Å²) in [5.74, 6) is -0.942. The highest BCUT2D eigenvalue weighted by Gasteiger charge is 2.24. The molecule has 1 aromatic heterocycles. The van der Waals surface area contributed by atoms with Crippen LogP contribution in [0.4, 0.5) is 0 Å². The second-order valence-electron chi connectivity index (χ2n) is 3.51. The van der Waals surface area contributed by atoms with Crippen LogP contribution in [0.3, 0.4) is 0 Å². The van der Waals surface area contributed by atoms with Crippen molar-refractivity contribution in [2.75, 3.05) is 13.6 Å². The molecule has 0 fully saturated rings. The minimum Gasteiger partial charge on any atom is -0.481 e. The summed E-state index contributed by atoms with van der Waals surface area (Å²) < 4.78 is 26.0. The first-order valence-electron chi connectivity index (χ1n) is 4.88. The van der Waals surface area contributed by atoms with Crippen LogP contribution in [0.25, 0.3) is 0 Å². The number of sulfonamides is 1. The van der Waals surface area contributed by atoms with E-state index in [1.165, 1.54) is 13.1 Å². The summed E-state index contributed by atoms with van der Waals surface area (Å²) in [7, 11) is -2.18. The fourth-order valence-electron chi connectivity index (χ4n) is 1.18. The smallest absolute Gasteiger partial charge is 0.303 e. The number of hydrogen-bond acceptors (Lipinski definition) is 4. The number of thiophene rings is 1. The molecule has 102 valence electrons. The second-order valence-corrected chi connectivity index (χ2v) is 8.56. The Labute approximate surface area is 123 Å². The van der Waals surface area contributed by atoms with Crippen LogP contribution in [-0.2, 0) is 14.8 Å². The van der Waals surface area contributed by atoms with Crippen LogP contribution in [0, 0.1) is 0 Å². The molecule has 0 aliphatic rings. The monoisotopic (exact) mass is 375 g/mol. The number of nitrogens with zero attached hydrogens (tertiary/aromatic N) is 1. The van der Waals surface area contributed by atoms with Gasteiger partial charge in [0.1, 0.15) is 4.21 Å². The van der Waals surface area contributed by atoms with E-state index in [1.807, 2.05) is 0 Å². The molecule has 9 heteroatoms. The van der Waals surface area contributed by atoms with Crippen molar-refractivity contribution in [1.29, 1.82) is 0 Å². The number of hydrogen-bond donors (Lipinski definition) is 1. The van der Waals surface area contributed by atoms with Crippen LogP contribution in [0.5, 0.6) is 0 Å². The number of carboxylic acid groups (broad SMARTS) is 1. The first-order chi connectivity index (χ1) is 8.25. The summed E-state index contributed by atoms with van der Waals surface area (Å²) in [6.45, 7) is 0.155. The maximum Gasteiger partial charge on any atom is 0.303 e. The van der Waals surface area contributed by atoms with Crippen molar-refractivity contribution < 1.29 is 18.3 Å². The van der Waals surface area contributed by atoms with Crippen LogP contribution >= 0.6 is 38.9 Å². The molecule has 0 aliphatic carbocycles. The highest BCUT2D eigenvalue weighted by molar-refractivity contribution is 9.11. The van der Waals surface area contributed by atoms with Crippen LogP contribution in [0.1, 0.15) is 12.8 Å². The molecule has 0 aromatic carbocycles. The number of halogens is 2. The van der Waals surface area contributed by atoms with E-state index < -0.39 is 16.0 Å². The van der Waals surface area contributed by atoms with E-state index >= 15 is 0 Å². The topological polar surface area (TPSA) is 74.7 Å². The Balaban J connectivity index is 2.77. The highest BCUT2D eigenvalue weighted by atomic mass is 79.9. The van der Waals surface area contributed by atoms with Gasteiger partial charge in [-0.3, -0.25) is 4.79 Å². The van der Waals surface area contributed by atoms with Crippen molar-refractivity contribution in [2.24, 2.45) is 0 Å². The van der Waals surface area contributed by atoms with Gasteiger partial charge in [-0.25, -0.2) is 12.7 Å². The molecular weight excluding hydrogens is 366 g/mol. The van der Waals surface area contributed by atoms with Crippen LogP contribution in [0.2, 0.25) is 5.02 Å². The van der Waals surface area contributed by atoms with Crippen LogP contribution < -0.4 is 0 Å². The molecule has 0 saturated carbocycles. The first-order valence-corrected chi connectivity index (χ1v) is 8.31. The molecule has 0 aliphatic heterocycles. The molecule has 18 heavy (non-hydrogen) atoms. The Morgan fingerprint density at radius 3 is 2.67 bits per heavy atom. The van der Waals surface area contributed by atoms with Gasteiger partial charge in [-0.15, -0.1) is 11.3 Å². The van der Waals surface area contributed by atoms with E-state index in [0.717, 1.165) is 15.6 Å². The van der Waals surface area contributed by atoms with E-state index in [-0.39, 0.29) is 23.6 Å². The third-order valence-corrected chi connectivity index (χ3v) is 6.93. The van der Waals surface area contributed by atoms with Gasteiger partial charge in [-0.2, -0.15) is 0 Å². The van der Waals surface area contributed by atoms with E-state index in [2.05, 4.69) is 15.9 Å². The second kappa shape index (κ2) is 6.33. The number of rotatable bonds is 6. The predicted octanol–water partition coefficient (Wildman–Crippen LogP) is 2.65. The largest absolute Gasteiger partial charge is 0.481 e. The lowest BCUT2D eigenvalue weighted by molar-refractivity contribution is -0.137. The molecule has 0 saturated heterocycles. The van der Waals surface area contributed by atoms with Gasteiger partial charge >= 0.3 is 5.97 Å². The van der Waals surface area contributed by atoms with E-state index in [4.69, 9.17) is 16.7 Å². The van der Waals surface area contributed by atoms with Gasteiger partial charge < -0.3 is 5.11 Å². The summed E-state index contributed by atoms with van der Waals surface area (Å²) in [6.07, 6.45) is 0.208. The van der Waals surface area contributed by atoms with Crippen molar-refractivity contribution in [2.45, 2.75) is 17.1 Å². The van der Waals surface area contributed by atoms with Gasteiger partial charge in [0.25, 0.3) is 10.0 Å². The SMILES string of the molecule is CN(CCCC(=O)O)S(=O)(=O)c1cc(Cl)c(Br)s1. The lowest BCUT2D eigenvalue weighted by Crippen LogP contribution is -2.27. The Morgan fingerprint density at radius 2 is 2.22 bits per heavy atom. The lowest BCUT2D eigenvalue weighted by atomic mass is 10.3. The lowest BCUT2D eigenvalue weighted by Gasteiger charge is -2.15. The summed E-state index contributed by atoms with van der Waals surface area (Å²) in [5.41, 5.74) is 0. The zero-order valence-electron chi connectivity index (χ0n) is 9.39. The molecular formula is C9H11BrClNO4S2. The summed E-state index contributed by atoms with van der Waals surface area (Å²) >= 11 is 9.97. The Morgan fingerprint density at radius 1 is 1.61 bits per heavy atom. The average Bonchev–Trinajstić information content (AvgIpc) is 2.59. The zero-order valence-corrected chi connectivity index (χ0v) is 13.4. The van der Waals surface area contributed by atoms with Gasteiger partial charge in [0.2, 0.25) is 0 Å². The Hall–Kier alpha value is -0.150. The molecule has 1 rings (SSSR count). The van der Waals surface area contributed by atoms with Gasteiger partial charge in [0, 0.05) is 20.0 Å². The van der Waals surface area contributed by atoms with Crippen LogP contribution in [0.15, 0.2) is 14.1 Å². The van der Waals surface area contributed by atoms with E-state index in [1.54, 1.807) is 0 Å². The van der Waals surface area contributed by atoms with Gasteiger partial charge in [-0.05, 0) is 28.4 Å². The minimum absolute atomic E-state index is 0.0608. The number of aliphatic carboxylic acids is 1. The van der Waals surface area contributed by atoms with Gasteiger partial charge in [-0.1, -0.05) is 11.6 Å². The van der Waals surface area contributed by atoms with E-state index in [9.17, 15) is 13.2 Å². The summed E-state index contributed by atoms with van der Waals surface area (Å²) in [4.78, 5) is 10.4. The number of carbonyl (C=O) groups is 1. The van der Waals surface area contributed by atoms with Crippen LogP contribution in [-0.4, -0.2) is 37.4 Å². The molecule has 0 spiro atoms. The Kier molecular flexibility index (Phi) is 5.60. The third-order valence-electron chi connectivity index (χ3n) is 2.15. The molecule has 0 amide bonds. The molecule has 0 atom stereocenters. The number of carboxylic acids is 1. The standard InChI is InChI=1S/C9H11BrClNO4S2/c1-12(4-2-3-7(13)14)18(15,16)8-5-6(11)9(10)17-8/h5H,2-4H2,1H3,(H,13,14). The maximum absolute atomic E-state index is 12.1. The highest BCUT2D eigenvalue weighted by Crippen LogP contribution is 2.35. The molecule has 0 radical (unpaired) electrons. The molecule has 1 heterocycles. The fourth-order valence-corrected chi connectivity index (χ4v) is 5.00. The third kappa shape index (κ3) is 3.92. The Bertz CT molecular complexity index is 523. The van der Waals surface area contributed by atoms with Crippen molar-refractivity contribution in [3.63, 3.8) is 0 Å². The van der Waals surface area contributed by atoms with Crippen molar-refractivity contribution in [1.82, 2.24) is 4.31 Å². The van der Waals surface area contributed by atoms with Crippen molar-refractivity contribution in [3.8, 4) is 0 Å². The molecule has 0 bridgehead atoms. The van der Waals surface area contributed by atoms with Gasteiger partial charge in [0.05, 0.1) is 8.81 Å². The van der Waals surface area contributed by atoms with E-state index in [0.29, 0.717) is 8.81 Å². The zero-order chi connectivity index (χ0) is 13.9. The summed E-state index contributed by atoms with van der Waals surface area (Å²) in [5, 5.41) is 8.84. The quantitative estimate of drug-likeness (QED) is 0.828. The predicted molar refractivity (Wildman–Crippen MR) is 73.7 cm³/mol. The normalized spacial score (nSPS) is 12.0. The van der Waals surface area contributed by atoms with Crippen molar-refractivity contribution >= 4 is 54.9 Å². The molecule has 5 nitrogen and oxygen atoms in total. The maximum atomic E-state index is 12.1. The summed E-state index contributed by atoms with van der Waals surface area (Å²) in [6, 6.07) is 1.37. The first kappa shape index (κ1) is 15.9. The average molecular weight is 377 g/mol. The molecule has 1 N–H and O–H groups in total. The fraction of sp³-hybridized carbons (Fsp3) is 0.444. The van der Waals surface area contributed by atoms with Gasteiger partial charge in [0.15, 0.2) is 0 Å². The molecule has 1 aromatic rings. The minimum atomic E-state index is -3.59. The van der Waals surface area contributed by atoms with Crippen molar-refractivity contribution in [3.05, 3.63) is 14.9 Å².